The summed E-state index contributed by atoms with van der Waals surface area (Å²) in [5.74, 6) is 0. The van der Waals surface area contributed by atoms with Gasteiger partial charge in [-0.25, -0.2) is 4.39 Å². The molecule has 0 aromatic heterocycles. The van der Waals surface area contributed by atoms with Crippen molar-refractivity contribution in [1.29, 1.82) is 0 Å². The third-order valence-electron chi connectivity index (χ3n) is 3.47. The van der Waals surface area contributed by atoms with E-state index >= 15 is 0 Å². The second-order valence-electron chi connectivity index (χ2n) is 4.36. The molecule has 1 saturated heterocycles. The molecule has 0 amide bonds. The van der Waals surface area contributed by atoms with Gasteiger partial charge in [-0.05, 0) is 36.6 Å². The Balaban J connectivity index is 0.000000771. The van der Waals surface area contributed by atoms with E-state index in [0.717, 1.165) is 37.3 Å². The van der Waals surface area contributed by atoms with Crippen LogP contribution in [0.15, 0.2) is 12.1 Å². The van der Waals surface area contributed by atoms with Crippen LogP contribution in [0.3, 0.4) is 0 Å². The van der Waals surface area contributed by atoms with Crippen molar-refractivity contribution >= 4 is 5.69 Å². The van der Waals surface area contributed by atoms with Gasteiger partial charge in [-0.1, -0.05) is 19.9 Å². The highest BCUT2D eigenvalue weighted by Gasteiger charge is 2.14. The number of hydrogen-bond acceptors (Lipinski definition) is 2. The van der Waals surface area contributed by atoms with Gasteiger partial charge in [0.25, 0.3) is 0 Å². The summed E-state index contributed by atoms with van der Waals surface area (Å²) in [5.41, 5.74) is 4.39. The number of hydrogen-bond donors (Lipinski definition) is 1. The summed E-state index contributed by atoms with van der Waals surface area (Å²) in [7, 11) is 0. The SMILES string of the molecule is CC.Cc1c(CF)ccc(N2CCNCC2)c1C. The highest BCUT2D eigenvalue weighted by molar-refractivity contribution is 5.58. The Kier molecular flexibility index (Phi) is 6.13. The van der Waals surface area contributed by atoms with E-state index in [9.17, 15) is 4.39 Å². The van der Waals surface area contributed by atoms with Crippen molar-refractivity contribution in [3.8, 4) is 0 Å². The van der Waals surface area contributed by atoms with Crippen LogP contribution in [0.5, 0.6) is 0 Å². The Labute approximate surface area is 110 Å². The minimum absolute atomic E-state index is 0.367. The Bertz CT molecular complexity index is 371. The van der Waals surface area contributed by atoms with E-state index in [1.807, 2.05) is 26.8 Å². The summed E-state index contributed by atoms with van der Waals surface area (Å²) in [6.07, 6.45) is 0. The Morgan fingerprint density at radius 3 is 2.28 bits per heavy atom. The topological polar surface area (TPSA) is 15.3 Å². The molecule has 0 aliphatic carbocycles. The van der Waals surface area contributed by atoms with E-state index in [2.05, 4.69) is 23.2 Å². The molecule has 0 spiro atoms. The van der Waals surface area contributed by atoms with Gasteiger partial charge in [-0.15, -0.1) is 0 Å². The number of benzene rings is 1. The molecule has 1 aliphatic rings. The van der Waals surface area contributed by atoms with Gasteiger partial charge >= 0.3 is 0 Å². The number of alkyl halides is 1. The molecular weight excluding hydrogens is 227 g/mol. The van der Waals surface area contributed by atoms with E-state index in [4.69, 9.17) is 0 Å². The first kappa shape index (κ1) is 15.0. The second kappa shape index (κ2) is 7.37. The van der Waals surface area contributed by atoms with Gasteiger partial charge in [0.1, 0.15) is 6.67 Å². The number of nitrogens with zero attached hydrogens (tertiary/aromatic N) is 1. The Hall–Kier alpha value is -1.09. The Morgan fingerprint density at radius 2 is 1.72 bits per heavy atom. The molecule has 0 unspecified atom stereocenters. The molecule has 2 rings (SSSR count). The van der Waals surface area contributed by atoms with Crippen LogP contribution in [0.25, 0.3) is 0 Å². The van der Waals surface area contributed by atoms with Crippen molar-refractivity contribution in [3.63, 3.8) is 0 Å². The zero-order valence-electron chi connectivity index (χ0n) is 12.0. The van der Waals surface area contributed by atoms with E-state index in [0.29, 0.717) is 0 Å². The summed E-state index contributed by atoms with van der Waals surface area (Å²) < 4.78 is 12.7. The van der Waals surface area contributed by atoms with Crippen molar-refractivity contribution in [1.82, 2.24) is 5.32 Å². The fourth-order valence-corrected chi connectivity index (χ4v) is 2.26. The van der Waals surface area contributed by atoms with Crippen LogP contribution in [0.4, 0.5) is 10.1 Å². The van der Waals surface area contributed by atoms with Crippen LogP contribution < -0.4 is 10.2 Å². The molecule has 1 aromatic carbocycles. The first-order valence-corrected chi connectivity index (χ1v) is 6.84. The molecule has 1 N–H and O–H groups in total. The van der Waals surface area contributed by atoms with Gasteiger partial charge in [0.2, 0.25) is 0 Å². The molecule has 2 nitrogen and oxygen atoms in total. The van der Waals surface area contributed by atoms with Gasteiger partial charge in [-0.3, -0.25) is 0 Å². The van der Waals surface area contributed by atoms with E-state index in [-0.39, 0.29) is 6.67 Å². The maximum atomic E-state index is 12.7. The minimum atomic E-state index is -0.367. The van der Waals surface area contributed by atoms with Crippen molar-refractivity contribution < 1.29 is 4.39 Å². The molecule has 18 heavy (non-hydrogen) atoms. The largest absolute Gasteiger partial charge is 0.369 e. The molecule has 102 valence electrons. The highest BCUT2D eigenvalue weighted by atomic mass is 19.1. The molecular formula is C15H25FN2. The number of anilines is 1. The maximum Gasteiger partial charge on any atom is 0.115 e. The monoisotopic (exact) mass is 252 g/mol. The molecule has 1 heterocycles. The van der Waals surface area contributed by atoms with Crippen LogP contribution in [-0.4, -0.2) is 26.2 Å². The van der Waals surface area contributed by atoms with Crippen LogP contribution in [-0.2, 0) is 6.67 Å². The van der Waals surface area contributed by atoms with E-state index in [1.54, 1.807) is 0 Å². The van der Waals surface area contributed by atoms with Gasteiger partial charge in [-0.2, -0.15) is 0 Å². The molecule has 1 aromatic rings. The predicted octanol–water partition coefficient (Wildman–Crippen LogP) is 3.21. The van der Waals surface area contributed by atoms with Crippen molar-refractivity contribution in [2.45, 2.75) is 34.4 Å². The number of halogens is 1. The third-order valence-corrected chi connectivity index (χ3v) is 3.47. The third kappa shape index (κ3) is 3.22. The lowest BCUT2D eigenvalue weighted by Gasteiger charge is -2.31. The normalized spacial score (nSPS) is 15.1. The average Bonchev–Trinajstić information content (AvgIpc) is 2.45. The average molecular weight is 252 g/mol. The van der Waals surface area contributed by atoms with Crippen molar-refractivity contribution in [2.75, 3.05) is 31.1 Å². The van der Waals surface area contributed by atoms with E-state index in [1.165, 1.54) is 11.3 Å². The highest BCUT2D eigenvalue weighted by Crippen LogP contribution is 2.26. The van der Waals surface area contributed by atoms with Crippen molar-refractivity contribution in [2.24, 2.45) is 0 Å². The summed E-state index contributed by atoms with van der Waals surface area (Å²) in [5, 5.41) is 3.34. The van der Waals surface area contributed by atoms with Crippen LogP contribution in [0.1, 0.15) is 30.5 Å². The van der Waals surface area contributed by atoms with Crippen LogP contribution in [0.2, 0.25) is 0 Å². The Morgan fingerprint density at radius 1 is 1.11 bits per heavy atom. The lowest BCUT2D eigenvalue weighted by atomic mass is 10.0. The molecule has 3 heteroatoms. The molecule has 0 radical (unpaired) electrons. The van der Waals surface area contributed by atoms with Crippen molar-refractivity contribution in [3.05, 3.63) is 28.8 Å². The molecule has 1 aliphatic heterocycles. The minimum Gasteiger partial charge on any atom is -0.369 e. The van der Waals surface area contributed by atoms with Gasteiger partial charge in [0.15, 0.2) is 0 Å². The number of rotatable bonds is 2. The summed E-state index contributed by atoms with van der Waals surface area (Å²) in [6, 6.07) is 3.97. The standard InChI is InChI=1S/C13H19FN2.C2H6/c1-10-11(2)13(4-3-12(10)9-14)16-7-5-15-6-8-16;1-2/h3-4,15H,5-9H2,1-2H3;1-2H3. The first-order chi connectivity index (χ1) is 8.74. The number of piperazine rings is 1. The van der Waals surface area contributed by atoms with Crippen LogP contribution >= 0.6 is 0 Å². The molecule has 0 bridgehead atoms. The van der Waals surface area contributed by atoms with Gasteiger partial charge < -0.3 is 10.2 Å². The first-order valence-electron chi connectivity index (χ1n) is 6.84. The van der Waals surface area contributed by atoms with Gasteiger partial charge in [0, 0.05) is 31.9 Å². The van der Waals surface area contributed by atoms with Crippen LogP contribution in [0, 0.1) is 13.8 Å². The second-order valence-corrected chi connectivity index (χ2v) is 4.36. The van der Waals surface area contributed by atoms with E-state index < -0.39 is 0 Å². The quantitative estimate of drug-likeness (QED) is 0.869. The zero-order chi connectivity index (χ0) is 13.5. The molecule has 0 saturated carbocycles. The fraction of sp³-hybridized carbons (Fsp3) is 0.600. The maximum absolute atomic E-state index is 12.7. The smallest absolute Gasteiger partial charge is 0.115 e. The zero-order valence-corrected chi connectivity index (χ0v) is 12.0. The lowest BCUT2D eigenvalue weighted by molar-refractivity contribution is 0.483. The molecule has 1 fully saturated rings. The number of nitrogens with one attached hydrogen (secondary N) is 1. The molecule has 0 atom stereocenters. The predicted molar refractivity (Wildman–Crippen MR) is 77.2 cm³/mol. The lowest BCUT2D eigenvalue weighted by Crippen LogP contribution is -2.43. The van der Waals surface area contributed by atoms with Gasteiger partial charge in [0.05, 0.1) is 0 Å². The summed E-state index contributed by atoms with van der Waals surface area (Å²) >= 11 is 0. The fourth-order valence-electron chi connectivity index (χ4n) is 2.26. The summed E-state index contributed by atoms with van der Waals surface area (Å²) in [6.45, 7) is 11.9. The summed E-state index contributed by atoms with van der Waals surface area (Å²) in [4.78, 5) is 2.38.